The van der Waals surface area contributed by atoms with Gasteiger partial charge >= 0.3 is 0 Å². The molecule has 0 bridgehead atoms. The van der Waals surface area contributed by atoms with Gasteiger partial charge in [-0.2, -0.15) is 0 Å². The number of pyridine rings is 1. The molecular formula is C10H11BrFN3OS. The van der Waals surface area contributed by atoms with Crippen LogP contribution in [0, 0.1) is 0 Å². The average molecular weight is 320 g/mol. The maximum Gasteiger partial charge on any atom is 0.255 e. The number of thiocarbonyl (C=S) groups is 1. The lowest BCUT2D eigenvalue weighted by molar-refractivity contribution is 0.0934. The molecule has 1 aromatic heterocycles. The Hall–Kier alpha value is -1.08. The summed E-state index contributed by atoms with van der Waals surface area (Å²) in [5.41, 5.74) is 1.56. The third-order valence-electron chi connectivity index (χ3n) is 1.90. The van der Waals surface area contributed by atoms with Crippen molar-refractivity contribution in [2.45, 2.75) is 13.0 Å². The largest absolute Gasteiger partial charge is 0.347 e. The Morgan fingerprint density at radius 1 is 1.76 bits per heavy atom. The number of halogens is 2. The number of rotatable bonds is 5. The number of hydrogen-bond acceptors (Lipinski definition) is 3. The van der Waals surface area contributed by atoms with Crippen LogP contribution < -0.4 is 10.6 Å². The Balaban J connectivity index is 2.97. The second-order valence-electron chi connectivity index (χ2n) is 3.34. The summed E-state index contributed by atoms with van der Waals surface area (Å²) in [7, 11) is 0. The topological polar surface area (TPSA) is 54.0 Å². The van der Waals surface area contributed by atoms with Crippen molar-refractivity contribution in [1.82, 2.24) is 10.3 Å². The first-order chi connectivity index (χ1) is 8.08. The summed E-state index contributed by atoms with van der Waals surface area (Å²) in [6.07, 6.45) is 1.54. The van der Waals surface area contributed by atoms with Crippen LogP contribution >= 0.6 is 28.1 Å². The molecule has 0 radical (unpaired) electrons. The molecule has 1 amide bonds. The second-order valence-corrected chi connectivity index (χ2v) is 4.49. The monoisotopic (exact) mass is 319 g/mol. The maximum absolute atomic E-state index is 12.3. The molecule has 1 heterocycles. The molecule has 0 aliphatic carbocycles. The number of hydrogen-bond donors (Lipinski definition) is 2. The van der Waals surface area contributed by atoms with Gasteiger partial charge in [-0.1, -0.05) is 12.2 Å². The summed E-state index contributed by atoms with van der Waals surface area (Å²) >= 11 is 7.86. The zero-order chi connectivity index (χ0) is 12.8. The van der Waals surface area contributed by atoms with E-state index in [1.54, 1.807) is 13.0 Å². The molecule has 1 unspecified atom stereocenters. The van der Waals surface area contributed by atoms with E-state index >= 15 is 0 Å². The maximum atomic E-state index is 12.3. The van der Waals surface area contributed by atoms with Crippen molar-refractivity contribution < 1.29 is 9.18 Å². The second kappa shape index (κ2) is 6.61. The SMILES string of the molecule is CC(CF)NC(=O)c1cc(Br)cnc1NC=S. The molecule has 1 aromatic rings. The lowest BCUT2D eigenvalue weighted by Crippen LogP contribution is -2.34. The van der Waals surface area contributed by atoms with E-state index in [9.17, 15) is 9.18 Å². The van der Waals surface area contributed by atoms with Gasteiger partial charge in [0.05, 0.1) is 17.1 Å². The van der Waals surface area contributed by atoms with Crippen molar-refractivity contribution in [2.24, 2.45) is 0 Å². The van der Waals surface area contributed by atoms with Gasteiger partial charge in [-0.05, 0) is 28.9 Å². The zero-order valence-electron chi connectivity index (χ0n) is 9.04. The summed E-state index contributed by atoms with van der Waals surface area (Å²) in [5.74, 6) is -0.0601. The molecule has 2 N–H and O–H groups in total. The van der Waals surface area contributed by atoms with Gasteiger partial charge in [0.2, 0.25) is 0 Å². The van der Waals surface area contributed by atoms with Gasteiger partial charge in [-0.15, -0.1) is 0 Å². The molecule has 4 nitrogen and oxygen atoms in total. The predicted octanol–water partition coefficient (Wildman–Crippen LogP) is 2.30. The van der Waals surface area contributed by atoms with Crippen LogP contribution in [0.3, 0.4) is 0 Å². The number of nitrogens with zero attached hydrogens (tertiary/aromatic N) is 1. The van der Waals surface area contributed by atoms with Gasteiger partial charge in [-0.3, -0.25) is 4.79 Å². The van der Waals surface area contributed by atoms with Gasteiger partial charge < -0.3 is 10.6 Å². The van der Waals surface area contributed by atoms with Crippen LogP contribution in [-0.2, 0) is 0 Å². The highest BCUT2D eigenvalue weighted by molar-refractivity contribution is 9.10. The molecule has 0 spiro atoms. The van der Waals surface area contributed by atoms with Crippen molar-refractivity contribution in [2.75, 3.05) is 12.0 Å². The summed E-state index contributed by atoms with van der Waals surface area (Å²) in [6, 6.07) is 1.05. The third-order valence-corrected chi connectivity index (χ3v) is 2.46. The van der Waals surface area contributed by atoms with E-state index in [1.807, 2.05) is 0 Å². The van der Waals surface area contributed by atoms with E-state index < -0.39 is 18.6 Å². The van der Waals surface area contributed by atoms with Gasteiger partial charge in [0.1, 0.15) is 12.5 Å². The summed E-state index contributed by atoms with van der Waals surface area (Å²) in [6.45, 7) is 0.957. The van der Waals surface area contributed by atoms with Gasteiger partial charge in [0, 0.05) is 10.7 Å². The third kappa shape index (κ3) is 4.01. The Morgan fingerprint density at radius 2 is 2.47 bits per heavy atom. The highest BCUT2D eigenvalue weighted by atomic mass is 79.9. The van der Waals surface area contributed by atoms with E-state index in [1.165, 1.54) is 11.7 Å². The first-order valence-corrected chi connectivity index (χ1v) is 6.07. The Bertz CT molecular complexity index is 430. The molecule has 0 aliphatic rings. The first-order valence-electron chi connectivity index (χ1n) is 4.81. The van der Waals surface area contributed by atoms with Crippen molar-refractivity contribution in [1.29, 1.82) is 0 Å². The summed E-state index contributed by atoms with van der Waals surface area (Å²) in [5, 5.41) is 5.19. The van der Waals surface area contributed by atoms with Gasteiger partial charge in [-0.25, -0.2) is 9.37 Å². The molecule has 0 aromatic carbocycles. The number of alkyl halides is 1. The molecular weight excluding hydrogens is 309 g/mol. The molecule has 7 heteroatoms. The van der Waals surface area contributed by atoms with Gasteiger partial charge in [0.15, 0.2) is 0 Å². The van der Waals surface area contributed by atoms with Crippen molar-refractivity contribution >= 4 is 45.4 Å². The van der Waals surface area contributed by atoms with Crippen molar-refractivity contribution in [3.63, 3.8) is 0 Å². The minimum atomic E-state index is -0.622. The molecule has 0 saturated heterocycles. The van der Waals surface area contributed by atoms with E-state index in [0.29, 0.717) is 15.9 Å². The number of amides is 1. The molecule has 0 aliphatic heterocycles. The van der Waals surface area contributed by atoms with Crippen molar-refractivity contribution in [3.05, 3.63) is 22.3 Å². The van der Waals surface area contributed by atoms with Gasteiger partial charge in [0.25, 0.3) is 5.91 Å². The summed E-state index contributed by atoms with van der Waals surface area (Å²) in [4.78, 5) is 15.8. The number of anilines is 1. The lowest BCUT2D eigenvalue weighted by Gasteiger charge is -2.12. The Kier molecular flexibility index (Phi) is 5.43. The molecule has 1 rings (SSSR count). The normalized spacial score (nSPS) is 11.7. The fourth-order valence-electron chi connectivity index (χ4n) is 1.12. The lowest BCUT2D eigenvalue weighted by atomic mass is 10.2. The van der Waals surface area contributed by atoms with Crippen LogP contribution in [0.4, 0.5) is 10.2 Å². The smallest absolute Gasteiger partial charge is 0.255 e. The number of nitrogens with one attached hydrogen (secondary N) is 2. The highest BCUT2D eigenvalue weighted by Crippen LogP contribution is 2.17. The fraction of sp³-hybridized carbons (Fsp3) is 0.300. The highest BCUT2D eigenvalue weighted by Gasteiger charge is 2.15. The zero-order valence-corrected chi connectivity index (χ0v) is 11.4. The molecule has 0 saturated carbocycles. The van der Waals surface area contributed by atoms with Crippen LogP contribution in [0.25, 0.3) is 0 Å². The molecule has 1 atom stereocenters. The van der Waals surface area contributed by atoms with E-state index in [2.05, 4.69) is 43.8 Å². The Labute approximate surface area is 112 Å². The fourth-order valence-corrected chi connectivity index (χ4v) is 1.57. The molecule has 17 heavy (non-hydrogen) atoms. The average Bonchev–Trinajstić information content (AvgIpc) is 2.31. The summed E-state index contributed by atoms with van der Waals surface area (Å²) < 4.78 is 13.0. The molecule has 92 valence electrons. The number of carbonyl (C=O) groups excluding carboxylic acids is 1. The van der Waals surface area contributed by atoms with Crippen LogP contribution in [0.15, 0.2) is 16.7 Å². The van der Waals surface area contributed by atoms with E-state index in [0.717, 1.165) is 0 Å². The van der Waals surface area contributed by atoms with Crippen molar-refractivity contribution in [3.8, 4) is 0 Å². The van der Waals surface area contributed by atoms with Crippen LogP contribution in [-0.4, -0.2) is 29.1 Å². The van der Waals surface area contributed by atoms with Crippen LogP contribution in [0.2, 0.25) is 0 Å². The minimum absolute atomic E-state index is 0.306. The van der Waals surface area contributed by atoms with E-state index in [4.69, 9.17) is 0 Å². The standard InChI is InChI=1S/C10H11BrFN3OS/c1-6(3-12)15-10(16)8-2-7(11)4-13-9(8)14-5-17/h2,4-6H,3H2,1H3,(H,15,16)(H,13,14,17). The molecule has 0 fully saturated rings. The predicted molar refractivity (Wildman–Crippen MR) is 72.1 cm³/mol. The van der Waals surface area contributed by atoms with Crippen LogP contribution in [0.1, 0.15) is 17.3 Å². The quantitative estimate of drug-likeness (QED) is 0.818. The van der Waals surface area contributed by atoms with Crippen LogP contribution in [0.5, 0.6) is 0 Å². The number of aromatic nitrogens is 1. The number of carbonyl (C=O) groups is 1. The van der Waals surface area contributed by atoms with E-state index in [-0.39, 0.29) is 0 Å². The minimum Gasteiger partial charge on any atom is -0.347 e. The Morgan fingerprint density at radius 3 is 3.06 bits per heavy atom. The first kappa shape index (κ1) is 14.0.